The molecule has 166 valence electrons. The van der Waals surface area contributed by atoms with Crippen LogP contribution in [0.4, 0.5) is 0 Å². The molecule has 1 heterocycles. The molecule has 0 aliphatic carbocycles. The Morgan fingerprint density at radius 3 is 2.23 bits per heavy atom. The van der Waals surface area contributed by atoms with E-state index in [0.717, 1.165) is 59.8 Å². The van der Waals surface area contributed by atoms with Crippen molar-refractivity contribution in [2.75, 3.05) is 13.2 Å². The normalized spacial score (nSPS) is 12.1. The molecule has 0 N–H and O–H groups in total. The second-order valence-electron chi connectivity index (χ2n) is 7.98. The van der Waals surface area contributed by atoms with E-state index >= 15 is 0 Å². The zero-order valence-electron chi connectivity index (χ0n) is 19.7. The summed E-state index contributed by atoms with van der Waals surface area (Å²) in [7, 11) is 0. The van der Waals surface area contributed by atoms with Gasteiger partial charge in [0.2, 0.25) is 5.88 Å². The number of benzene rings is 1. The van der Waals surface area contributed by atoms with Crippen LogP contribution in [-0.4, -0.2) is 29.3 Å². The van der Waals surface area contributed by atoms with E-state index in [1.807, 2.05) is 32.0 Å². The van der Waals surface area contributed by atoms with Crippen molar-refractivity contribution in [1.82, 2.24) is 9.97 Å². The van der Waals surface area contributed by atoms with E-state index in [0.29, 0.717) is 25.0 Å². The number of ether oxygens (including phenoxy) is 3. The zero-order chi connectivity index (χ0) is 22.1. The van der Waals surface area contributed by atoms with Crippen LogP contribution in [-0.2, 0) is 12.8 Å². The molecular weight excluding hydrogens is 376 g/mol. The fourth-order valence-corrected chi connectivity index (χ4v) is 2.99. The summed E-state index contributed by atoms with van der Waals surface area (Å²) in [5, 5.41) is 0. The van der Waals surface area contributed by atoms with Crippen LogP contribution in [0.3, 0.4) is 0 Å². The summed E-state index contributed by atoms with van der Waals surface area (Å²) in [6, 6.07) is 5.98. The highest BCUT2D eigenvalue weighted by Crippen LogP contribution is 2.36. The first kappa shape index (κ1) is 24.0. The van der Waals surface area contributed by atoms with Gasteiger partial charge in [0.05, 0.1) is 30.7 Å². The van der Waals surface area contributed by atoms with E-state index in [9.17, 15) is 0 Å². The molecule has 0 saturated heterocycles. The van der Waals surface area contributed by atoms with Crippen molar-refractivity contribution in [3.05, 3.63) is 29.6 Å². The Hall–Kier alpha value is -2.30. The Balaban J connectivity index is 2.50. The first-order chi connectivity index (χ1) is 14.4. The van der Waals surface area contributed by atoms with E-state index in [4.69, 9.17) is 24.2 Å². The smallest absolute Gasteiger partial charge is 0.235 e. The molecule has 0 aliphatic heterocycles. The lowest BCUT2D eigenvalue weighted by atomic mass is 10.1. The standard InChI is InChI=1S/C25H38N2O3/c1-8-14-28-19-12-13-20(23(15-19)30-17(5)6)24-21(10-3)27-25(22(11-4)26-24)29-16-18(7)9-2/h12-13,15,17-18H,8-11,14,16H2,1-7H3. The van der Waals surface area contributed by atoms with E-state index in [2.05, 4.69) is 34.6 Å². The SMILES string of the molecule is CCCOc1ccc(-c2nc(CC)c(OCC(C)CC)nc2CC)c(OC(C)C)c1. The van der Waals surface area contributed by atoms with Crippen molar-refractivity contribution in [2.45, 2.75) is 80.3 Å². The second-order valence-corrected chi connectivity index (χ2v) is 7.98. The van der Waals surface area contributed by atoms with Crippen molar-refractivity contribution in [3.8, 4) is 28.6 Å². The van der Waals surface area contributed by atoms with Crippen LogP contribution in [0.15, 0.2) is 18.2 Å². The first-order valence-corrected chi connectivity index (χ1v) is 11.4. The molecule has 0 fully saturated rings. The molecular formula is C25H38N2O3. The first-order valence-electron chi connectivity index (χ1n) is 11.4. The Labute approximate surface area is 182 Å². The molecule has 1 aromatic carbocycles. The van der Waals surface area contributed by atoms with Crippen LogP contribution < -0.4 is 14.2 Å². The van der Waals surface area contributed by atoms with E-state index in [-0.39, 0.29) is 6.10 Å². The quantitative estimate of drug-likeness (QED) is 0.410. The Morgan fingerprint density at radius 2 is 1.63 bits per heavy atom. The molecule has 2 aromatic rings. The van der Waals surface area contributed by atoms with Crippen LogP contribution in [0, 0.1) is 5.92 Å². The Bertz CT molecular complexity index is 805. The fourth-order valence-electron chi connectivity index (χ4n) is 2.99. The average molecular weight is 415 g/mol. The van der Waals surface area contributed by atoms with E-state index in [1.165, 1.54) is 0 Å². The molecule has 30 heavy (non-hydrogen) atoms. The number of nitrogens with zero attached hydrogens (tertiary/aromatic N) is 2. The maximum atomic E-state index is 6.14. The van der Waals surface area contributed by atoms with Gasteiger partial charge in [-0.2, -0.15) is 0 Å². The molecule has 0 amide bonds. The van der Waals surface area contributed by atoms with Crippen molar-refractivity contribution in [3.63, 3.8) is 0 Å². The third-order valence-corrected chi connectivity index (χ3v) is 4.92. The van der Waals surface area contributed by atoms with Crippen LogP contribution in [0.25, 0.3) is 11.3 Å². The monoisotopic (exact) mass is 414 g/mol. The molecule has 0 saturated carbocycles. The van der Waals surface area contributed by atoms with Crippen LogP contribution >= 0.6 is 0 Å². The highest BCUT2D eigenvalue weighted by molar-refractivity contribution is 5.71. The van der Waals surface area contributed by atoms with Gasteiger partial charge in [-0.25, -0.2) is 9.97 Å². The molecule has 0 bridgehead atoms. The second kappa shape index (κ2) is 11.8. The number of rotatable bonds is 12. The summed E-state index contributed by atoms with van der Waals surface area (Å²) in [6.45, 7) is 16.0. The van der Waals surface area contributed by atoms with Gasteiger partial charge in [0.25, 0.3) is 0 Å². The maximum absolute atomic E-state index is 6.14. The third kappa shape index (κ3) is 6.35. The summed E-state index contributed by atoms with van der Waals surface area (Å²) < 4.78 is 18.0. The van der Waals surface area contributed by atoms with Gasteiger partial charge < -0.3 is 14.2 Å². The van der Waals surface area contributed by atoms with Crippen LogP contribution in [0.5, 0.6) is 17.4 Å². The fraction of sp³-hybridized carbons (Fsp3) is 0.600. The average Bonchev–Trinajstić information content (AvgIpc) is 2.75. The minimum Gasteiger partial charge on any atom is -0.493 e. The molecule has 1 unspecified atom stereocenters. The molecule has 0 radical (unpaired) electrons. The number of aryl methyl sites for hydroxylation is 2. The third-order valence-electron chi connectivity index (χ3n) is 4.92. The summed E-state index contributed by atoms with van der Waals surface area (Å²) in [5.41, 5.74) is 3.61. The number of hydrogen-bond acceptors (Lipinski definition) is 5. The predicted octanol–water partition coefficient (Wildman–Crippen LogP) is 6.27. The summed E-state index contributed by atoms with van der Waals surface area (Å²) in [5.74, 6) is 2.74. The molecule has 0 spiro atoms. The van der Waals surface area contributed by atoms with Crippen molar-refractivity contribution in [1.29, 1.82) is 0 Å². The van der Waals surface area contributed by atoms with E-state index in [1.54, 1.807) is 0 Å². The number of hydrogen-bond donors (Lipinski definition) is 0. The lowest BCUT2D eigenvalue weighted by Gasteiger charge is -2.19. The van der Waals surface area contributed by atoms with Crippen molar-refractivity contribution >= 4 is 0 Å². The van der Waals surface area contributed by atoms with Gasteiger partial charge in [-0.1, -0.05) is 41.0 Å². The molecule has 2 rings (SSSR count). The van der Waals surface area contributed by atoms with Gasteiger partial charge >= 0.3 is 0 Å². The van der Waals surface area contributed by atoms with Gasteiger partial charge in [-0.3, -0.25) is 0 Å². The highest BCUT2D eigenvalue weighted by atomic mass is 16.5. The van der Waals surface area contributed by atoms with Gasteiger partial charge in [-0.05, 0) is 51.2 Å². The minimum absolute atomic E-state index is 0.0481. The molecule has 1 aromatic heterocycles. The lowest BCUT2D eigenvalue weighted by molar-refractivity contribution is 0.240. The molecule has 5 nitrogen and oxygen atoms in total. The van der Waals surface area contributed by atoms with E-state index < -0.39 is 0 Å². The summed E-state index contributed by atoms with van der Waals surface area (Å²) in [4.78, 5) is 9.85. The van der Waals surface area contributed by atoms with Gasteiger partial charge in [0.1, 0.15) is 17.2 Å². The summed E-state index contributed by atoms with van der Waals surface area (Å²) >= 11 is 0. The lowest BCUT2D eigenvalue weighted by Crippen LogP contribution is -2.13. The van der Waals surface area contributed by atoms with Gasteiger partial charge in [0, 0.05) is 11.6 Å². The Morgan fingerprint density at radius 1 is 0.900 bits per heavy atom. The van der Waals surface area contributed by atoms with Gasteiger partial charge in [0.15, 0.2) is 0 Å². The number of aromatic nitrogens is 2. The van der Waals surface area contributed by atoms with Crippen LogP contribution in [0.2, 0.25) is 0 Å². The molecule has 5 heteroatoms. The Kier molecular flexibility index (Phi) is 9.41. The zero-order valence-corrected chi connectivity index (χ0v) is 19.7. The highest BCUT2D eigenvalue weighted by Gasteiger charge is 2.19. The van der Waals surface area contributed by atoms with Crippen molar-refractivity contribution in [2.24, 2.45) is 5.92 Å². The topological polar surface area (TPSA) is 53.5 Å². The predicted molar refractivity (Wildman–Crippen MR) is 123 cm³/mol. The summed E-state index contributed by atoms with van der Waals surface area (Å²) in [6.07, 6.45) is 3.62. The van der Waals surface area contributed by atoms with Crippen LogP contribution in [0.1, 0.15) is 72.7 Å². The molecule has 1 atom stereocenters. The largest absolute Gasteiger partial charge is 0.493 e. The van der Waals surface area contributed by atoms with Crippen molar-refractivity contribution < 1.29 is 14.2 Å². The maximum Gasteiger partial charge on any atom is 0.235 e. The van der Waals surface area contributed by atoms with Gasteiger partial charge in [-0.15, -0.1) is 0 Å². The minimum atomic E-state index is 0.0481. The molecule has 0 aliphatic rings.